The third-order valence-corrected chi connectivity index (χ3v) is 1.90. The Morgan fingerprint density at radius 3 is 1.82 bits per heavy atom. The van der Waals surface area contributed by atoms with Crippen molar-refractivity contribution in [2.24, 2.45) is 10.2 Å². The van der Waals surface area contributed by atoms with E-state index in [1.165, 1.54) is 11.1 Å². The van der Waals surface area contributed by atoms with Crippen molar-refractivity contribution in [2.75, 3.05) is 0 Å². The first-order valence-corrected chi connectivity index (χ1v) is 3.50. The average molecular weight is 146 g/mol. The highest BCUT2D eigenvalue weighted by atomic mass is 15.5. The van der Waals surface area contributed by atoms with Crippen LogP contribution in [-0.4, -0.2) is 0 Å². The fraction of sp³-hybridized carbons (Fsp3) is 0.250. The van der Waals surface area contributed by atoms with E-state index in [9.17, 15) is 0 Å². The van der Waals surface area contributed by atoms with Crippen molar-refractivity contribution in [1.82, 2.24) is 5.53 Å². The van der Waals surface area contributed by atoms with Crippen molar-refractivity contribution in [3.8, 4) is 0 Å². The summed E-state index contributed by atoms with van der Waals surface area (Å²) in [7, 11) is 0. The molecule has 1 aromatic rings. The number of fused-ring (bicyclic) bond motifs is 1. The lowest BCUT2D eigenvalue weighted by Crippen LogP contribution is -2.22. The Bertz CT molecular complexity index is 367. The van der Waals surface area contributed by atoms with Gasteiger partial charge in [-0.2, -0.15) is 0 Å². The van der Waals surface area contributed by atoms with Crippen molar-refractivity contribution in [3.05, 3.63) is 34.0 Å². The quantitative estimate of drug-likeness (QED) is 0.494. The summed E-state index contributed by atoms with van der Waals surface area (Å²) >= 11 is 0. The van der Waals surface area contributed by atoms with Crippen LogP contribution >= 0.6 is 0 Å². The third kappa shape index (κ3) is 0.888. The molecule has 0 saturated heterocycles. The molecule has 1 radical (unpaired) electrons. The molecule has 0 saturated carbocycles. The smallest absolute Gasteiger partial charge is 0.115 e. The lowest BCUT2D eigenvalue weighted by Gasteiger charge is -1.94. The van der Waals surface area contributed by atoms with Gasteiger partial charge in [0.2, 0.25) is 0 Å². The Labute approximate surface area is 64.4 Å². The van der Waals surface area contributed by atoms with Crippen LogP contribution in [0.25, 0.3) is 0 Å². The fourth-order valence-electron chi connectivity index (χ4n) is 1.06. The van der Waals surface area contributed by atoms with E-state index in [0.29, 0.717) is 0 Å². The van der Waals surface area contributed by atoms with Gasteiger partial charge in [-0.3, -0.25) is 0 Å². The highest BCUT2D eigenvalue weighted by Gasteiger charge is 1.99. The minimum atomic E-state index is 0.883. The number of rotatable bonds is 0. The van der Waals surface area contributed by atoms with E-state index in [0.717, 1.165) is 10.7 Å². The van der Waals surface area contributed by atoms with Crippen LogP contribution in [-0.2, 0) is 0 Å². The van der Waals surface area contributed by atoms with E-state index >= 15 is 0 Å². The van der Waals surface area contributed by atoms with Gasteiger partial charge < -0.3 is 0 Å². The van der Waals surface area contributed by atoms with Crippen molar-refractivity contribution in [2.45, 2.75) is 13.8 Å². The largest absolute Gasteiger partial charge is 0.128 e. The number of nitrogens with zero attached hydrogens (tertiary/aromatic N) is 3. The van der Waals surface area contributed by atoms with Gasteiger partial charge in [-0.05, 0) is 42.6 Å². The molecule has 55 valence electrons. The molecule has 3 heteroatoms. The summed E-state index contributed by atoms with van der Waals surface area (Å²) in [6.07, 6.45) is 0. The summed E-state index contributed by atoms with van der Waals surface area (Å²) in [6, 6.07) is 4.01. The molecule has 1 heterocycles. The number of aryl methyl sites for hydroxylation is 2. The summed E-state index contributed by atoms with van der Waals surface area (Å²) in [5.41, 5.74) is 6.06. The fourth-order valence-corrected chi connectivity index (χ4v) is 1.06. The molecule has 1 aliphatic heterocycles. The molecule has 3 nitrogen and oxygen atoms in total. The van der Waals surface area contributed by atoms with E-state index in [1.807, 2.05) is 12.1 Å². The van der Waals surface area contributed by atoms with Gasteiger partial charge in [0, 0.05) is 0 Å². The highest BCUT2D eigenvalue weighted by molar-refractivity contribution is 5.23. The molecule has 11 heavy (non-hydrogen) atoms. The molecule has 0 atom stereocenters. The maximum atomic E-state index is 3.86. The van der Waals surface area contributed by atoms with Gasteiger partial charge in [-0.15, -0.1) is 10.2 Å². The Kier molecular flexibility index (Phi) is 1.18. The van der Waals surface area contributed by atoms with E-state index in [1.54, 1.807) is 0 Å². The first kappa shape index (κ1) is 6.34. The molecule has 0 unspecified atom stereocenters. The van der Waals surface area contributed by atoms with Crippen molar-refractivity contribution >= 4 is 0 Å². The Hall–Kier alpha value is -1.38. The maximum absolute atomic E-state index is 3.86. The molecule has 0 spiro atoms. The van der Waals surface area contributed by atoms with Crippen LogP contribution in [0.1, 0.15) is 11.1 Å². The SMILES string of the molecule is Cc1cc2c(cc1C)=N[N]N=2. The molecule has 0 amide bonds. The molecule has 0 aromatic heterocycles. The van der Waals surface area contributed by atoms with E-state index in [2.05, 4.69) is 29.6 Å². The van der Waals surface area contributed by atoms with Gasteiger partial charge in [0.25, 0.3) is 0 Å². The molecule has 0 bridgehead atoms. The minimum absolute atomic E-state index is 0.883. The Morgan fingerprint density at radius 1 is 0.909 bits per heavy atom. The van der Waals surface area contributed by atoms with Crippen LogP contribution in [0.2, 0.25) is 0 Å². The molecular weight excluding hydrogens is 138 g/mol. The first-order valence-electron chi connectivity index (χ1n) is 3.50. The van der Waals surface area contributed by atoms with Gasteiger partial charge in [-0.25, -0.2) is 0 Å². The number of hydrogen-bond donors (Lipinski definition) is 0. The molecule has 1 aromatic carbocycles. The first-order chi connectivity index (χ1) is 5.27. The lowest BCUT2D eigenvalue weighted by atomic mass is 10.1. The van der Waals surface area contributed by atoms with Crippen LogP contribution in [0.3, 0.4) is 0 Å². The second kappa shape index (κ2) is 2.05. The summed E-state index contributed by atoms with van der Waals surface area (Å²) in [5, 5.41) is 9.48. The zero-order chi connectivity index (χ0) is 7.84. The molecule has 0 aliphatic carbocycles. The van der Waals surface area contributed by atoms with Gasteiger partial charge in [0.1, 0.15) is 10.7 Å². The van der Waals surface area contributed by atoms with Crippen LogP contribution < -0.4 is 16.2 Å². The lowest BCUT2D eigenvalue weighted by molar-refractivity contribution is 0.780. The monoisotopic (exact) mass is 146 g/mol. The van der Waals surface area contributed by atoms with E-state index < -0.39 is 0 Å². The van der Waals surface area contributed by atoms with Gasteiger partial charge in [0.05, 0.1) is 0 Å². The van der Waals surface area contributed by atoms with Crippen LogP contribution in [0.15, 0.2) is 22.3 Å². The van der Waals surface area contributed by atoms with Crippen molar-refractivity contribution in [3.63, 3.8) is 0 Å². The minimum Gasteiger partial charge on any atom is -0.128 e. The predicted molar refractivity (Wildman–Crippen MR) is 40.4 cm³/mol. The Morgan fingerprint density at radius 2 is 1.36 bits per heavy atom. The van der Waals surface area contributed by atoms with Gasteiger partial charge in [0.15, 0.2) is 0 Å². The summed E-state index contributed by atoms with van der Waals surface area (Å²) in [6.45, 7) is 4.12. The van der Waals surface area contributed by atoms with E-state index in [4.69, 9.17) is 0 Å². The van der Waals surface area contributed by atoms with Crippen LogP contribution in [0, 0.1) is 13.8 Å². The van der Waals surface area contributed by atoms with Gasteiger partial charge in [-0.1, -0.05) is 0 Å². The average Bonchev–Trinajstić information content (AvgIpc) is 2.36. The molecule has 0 N–H and O–H groups in total. The summed E-state index contributed by atoms with van der Waals surface area (Å²) in [4.78, 5) is 0. The van der Waals surface area contributed by atoms with Gasteiger partial charge >= 0.3 is 0 Å². The second-order valence-electron chi connectivity index (χ2n) is 2.71. The maximum Gasteiger partial charge on any atom is 0.115 e. The number of benzene rings is 1. The molecule has 2 rings (SSSR count). The predicted octanol–water partition coefficient (Wildman–Crippen LogP) is -0.00936. The zero-order valence-corrected chi connectivity index (χ0v) is 6.50. The van der Waals surface area contributed by atoms with Crippen LogP contribution in [0.4, 0.5) is 0 Å². The third-order valence-electron chi connectivity index (χ3n) is 1.90. The topological polar surface area (TPSA) is 38.8 Å². The van der Waals surface area contributed by atoms with Crippen LogP contribution in [0.5, 0.6) is 0 Å². The van der Waals surface area contributed by atoms with Crippen molar-refractivity contribution in [1.29, 1.82) is 0 Å². The molecule has 1 aliphatic rings. The standard InChI is InChI=1S/C8H8N3/c1-5-3-7-8(4-6(5)2)10-11-9-7/h3-4H,1-2H3. The summed E-state index contributed by atoms with van der Waals surface area (Å²) in [5.74, 6) is 0. The second-order valence-corrected chi connectivity index (χ2v) is 2.71. The number of hydrogen-bond acceptors (Lipinski definition) is 2. The normalized spacial score (nSPS) is 12.9. The van der Waals surface area contributed by atoms with E-state index in [-0.39, 0.29) is 0 Å². The van der Waals surface area contributed by atoms with Crippen molar-refractivity contribution < 1.29 is 0 Å². The zero-order valence-electron chi connectivity index (χ0n) is 6.50. The molecule has 0 fully saturated rings. The molecular formula is C8H8N3. The Balaban J connectivity index is 2.88. The highest BCUT2D eigenvalue weighted by Crippen LogP contribution is 1.98. The summed E-state index contributed by atoms with van der Waals surface area (Å²) < 4.78 is 0.